The van der Waals surface area contributed by atoms with Crippen molar-refractivity contribution >= 4 is 17.6 Å². The number of para-hydroxylation sites is 1. The Kier molecular flexibility index (Phi) is 5.91. The van der Waals surface area contributed by atoms with Crippen molar-refractivity contribution in [2.75, 3.05) is 25.1 Å². The van der Waals surface area contributed by atoms with Gasteiger partial charge in [-0.25, -0.2) is 4.79 Å². The summed E-state index contributed by atoms with van der Waals surface area (Å²) in [5.74, 6) is -0.207. The van der Waals surface area contributed by atoms with E-state index < -0.39 is 0 Å². The van der Waals surface area contributed by atoms with E-state index in [1.54, 1.807) is 12.1 Å². The highest BCUT2D eigenvalue weighted by Gasteiger charge is 2.32. The molecule has 1 fully saturated rings. The standard InChI is InChI=1S/C22H26N2O3/c1-4-18-7-5-6-8-20(18)24-14-13-23(16(2)21(24)25)15-17-9-11-19(12-10-17)22(26)27-3/h5-12,16H,4,13-15H2,1-3H3/t16-/m1/s1. The van der Waals surface area contributed by atoms with Gasteiger partial charge < -0.3 is 9.64 Å². The normalized spacial score (nSPS) is 17.8. The summed E-state index contributed by atoms with van der Waals surface area (Å²) in [7, 11) is 1.37. The molecule has 1 aliphatic rings. The molecule has 0 unspecified atom stereocenters. The second-order valence-corrected chi connectivity index (χ2v) is 6.81. The molecular weight excluding hydrogens is 340 g/mol. The molecule has 5 nitrogen and oxygen atoms in total. The molecule has 0 saturated carbocycles. The van der Waals surface area contributed by atoms with Crippen molar-refractivity contribution in [1.29, 1.82) is 0 Å². The second-order valence-electron chi connectivity index (χ2n) is 6.81. The molecule has 0 spiro atoms. The molecule has 5 heteroatoms. The van der Waals surface area contributed by atoms with Crippen LogP contribution in [0.1, 0.15) is 35.3 Å². The van der Waals surface area contributed by atoms with E-state index in [1.165, 1.54) is 12.7 Å². The number of hydrogen-bond donors (Lipinski definition) is 0. The van der Waals surface area contributed by atoms with Crippen LogP contribution in [0.4, 0.5) is 5.69 Å². The van der Waals surface area contributed by atoms with Gasteiger partial charge in [-0.3, -0.25) is 9.69 Å². The maximum absolute atomic E-state index is 13.0. The Labute approximate surface area is 160 Å². The molecule has 142 valence electrons. The molecule has 1 saturated heterocycles. The highest BCUT2D eigenvalue weighted by molar-refractivity contribution is 5.98. The Morgan fingerprint density at radius 1 is 1.11 bits per heavy atom. The van der Waals surface area contributed by atoms with Gasteiger partial charge in [-0.05, 0) is 42.7 Å². The summed E-state index contributed by atoms with van der Waals surface area (Å²) in [5, 5.41) is 0. The topological polar surface area (TPSA) is 49.9 Å². The zero-order valence-corrected chi connectivity index (χ0v) is 16.1. The molecule has 2 aromatic rings. The van der Waals surface area contributed by atoms with Gasteiger partial charge in [0.15, 0.2) is 0 Å². The van der Waals surface area contributed by atoms with Gasteiger partial charge in [0.2, 0.25) is 5.91 Å². The fraction of sp³-hybridized carbons (Fsp3) is 0.364. The van der Waals surface area contributed by atoms with Crippen LogP contribution in [0.15, 0.2) is 48.5 Å². The van der Waals surface area contributed by atoms with Crippen LogP contribution in [0, 0.1) is 0 Å². The van der Waals surface area contributed by atoms with Crippen LogP contribution in [0.5, 0.6) is 0 Å². The number of methoxy groups -OCH3 is 1. The Morgan fingerprint density at radius 3 is 2.48 bits per heavy atom. The van der Waals surface area contributed by atoms with E-state index in [2.05, 4.69) is 17.9 Å². The van der Waals surface area contributed by atoms with Crippen LogP contribution in [0.2, 0.25) is 0 Å². The van der Waals surface area contributed by atoms with Crippen LogP contribution >= 0.6 is 0 Å². The van der Waals surface area contributed by atoms with Crippen molar-refractivity contribution in [3.05, 3.63) is 65.2 Å². The van der Waals surface area contributed by atoms with Crippen LogP contribution in [-0.4, -0.2) is 43.0 Å². The van der Waals surface area contributed by atoms with E-state index in [9.17, 15) is 9.59 Å². The van der Waals surface area contributed by atoms with E-state index in [-0.39, 0.29) is 17.9 Å². The van der Waals surface area contributed by atoms with Gasteiger partial charge >= 0.3 is 5.97 Å². The zero-order chi connectivity index (χ0) is 19.4. The molecule has 0 aromatic heterocycles. The van der Waals surface area contributed by atoms with Gasteiger partial charge in [0, 0.05) is 25.3 Å². The molecular formula is C22H26N2O3. The van der Waals surface area contributed by atoms with Crippen LogP contribution in [0.3, 0.4) is 0 Å². The first-order valence-electron chi connectivity index (χ1n) is 9.35. The number of benzene rings is 2. The Bertz CT molecular complexity index is 817. The third-order valence-corrected chi connectivity index (χ3v) is 5.21. The number of carbonyl (C=O) groups excluding carboxylic acids is 2. The highest BCUT2D eigenvalue weighted by atomic mass is 16.5. The molecule has 3 rings (SSSR count). The monoisotopic (exact) mass is 366 g/mol. The van der Waals surface area contributed by atoms with Gasteiger partial charge in [0.25, 0.3) is 0 Å². The highest BCUT2D eigenvalue weighted by Crippen LogP contribution is 2.25. The maximum Gasteiger partial charge on any atom is 0.337 e. The van der Waals surface area contributed by atoms with Crippen molar-refractivity contribution in [3.8, 4) is 0 Å². The summed E-state index contributed by atoms with van der Waals surface area (Å²) in [5.41, 5.74) is 3.83. The fourth-order valence-electron chi connectivity index (χ4n) is 3.54. The largest absolute Gasteiger partial charge is 0.465 e. The van der Waals surface area contributed by atoms with Crippen molar-refractivity contribution in [2.45, 2.75) is 32.9 Å². The first-order chi connectivity index (χ1) is 13.0. The average molecular weight is 366 g/mol. The molecule has 2 aromatic carbocycles. The van der Waals surface area contributed by atoms with E-state index in [0.717, 1.165) is 24.2 Å². The molecule has 0 radical (unpaired) electrons. The number of rotatable bonds is 5. The summed E-state index contributed by atoms with van der Waals surface area (Å²) in [6.45, 7) is 6.24. The number of esters is 1. The van der Waals surface area contributed by atoms with E-state index in [4.69, 9.17) is 4.74 Å². The number of nitrogens with zero attached hydrogens (tertiary/aromatic N) is 2. The van der Waals surface area contributed by atoms with Crippen molar-refractivity contribution in [2.24, 2.45) is 0 Å². The predicted molar refractivity (Wildman–Crippen MR) is 106 cm³/mol. The zero-order valence-electron chi connectivity index (χ0n) is 16.1. The molecule has 0 aliphatic carbocycles. The van der Waals surface area contributed by atoms with Crippen molar-refractivity contribution < 1.29 is 14.3 Å². The first-order valence-corrected chi connectivity index (χ1v) is 9.35. The summed E-state index contributed by atoms with van der Waals surface area (Å²) in [6.07, 6.45) is 0.907. The number of carbonyl (C=O) groups is 2. The minimum Gasteiger partial charge on any atom is -0.465 e. The molecule has 1 heterocycles. The third-order valence-electron chi connectivity index (χ3n) is 5.21. The SMILES string of the molecule is CCc1ccccc1N1CCN(Cc2ccc(C(=O)OC)cc2)[C@H](C)C1=O. The van der Waals surface area contributed by atoms with Crippen LogP contribution < -0.4 is 4.90 Å². The first kappa shape index (κ1) is 19.1. The van der Waals surface area contributed by atoms with Gasteiger partial charge in [0.1, 0.15) is 0 Å². The fourth-order valence-corrected chi connectivity index (χ4v) is 3.54. The van der Waals surface area contributed by atoms with Crippen LogP contribution in [0.25, 0.3) is 0 Å². The van der Waals surface area contributed by atoms with E-state index >= 15 is 0 Å². The van der Waals surface area contributed by atoms with Crippen molar-refractivity contribution in [3.63, 3.8) is 0 Å². The molecule has 27 heavy (non-hydrogen) atoms. The smallest absolute Gasteiger partial charge is 0.337 e. The number of amides is 1. The number of ether oxygens (including phenoxy) is 1. The van der Waals surface area contributed by atoms with Crippen LogP contribution in [-0.2, 0) is 22.5 Å². The lowest BCUT2D eigenvalue weighted by Crippen LogP contribution is -2.55. The van der Waals surface area contributed by atoms with E-state index in [1.807, 2.05) is 42.2 Å². The average Bonchev–Trinajstić information content (AvgIpc) is 2.71. The molecule has 0 N–H and O–H groups in total. The van der Waals surface area contributed by atoms with Gasteiger partial charge in [-0.1, -0.05) is 37.3 Å². The van der Waals surface area contributed by atoms with Gasteiger partial charge in [0.05, 0.1) is 18.7 Å². The lowest BCUT2D eigenvalue weighted by atomic mass is 10.1. The summed E-state index contributed by atoms with van der Waals surface area (Å²) >= 11 is 0. The minimum absolute atomic E-state index is 0.133. The number of aryl methyl sites for hydroxylation is 1. The summed E-state index contributed by atoms with van der Waals surface area (Å²) < 4.78 is 4.73. The summed E-state index contributed by atoms with van der Waals surface area (Å²) in [6, 6.07) is 15.3. The number of anilines is 1. The Balaban J connectivity index is 1.70. The summed E-state index contributed by atoms with van der Waals surface area (Å²) in [4.78, 5) is 28.6. The van der Waals surface area contributed by atoms with E-state index in [0.29, 0.717) is 18.7 Å². The van der Waals surface area contributed by atoms with Gasteiger partial charge in [-0.15, -0.1) is 0 Å². The van der Waals surface area contributed by atoms with Gasteiger partial charge in [-0.2, -0.15) is 0 Å². The molecule has 1 aliphatic heterocycles. The number of piperazine rings is 1. The minimum atomic E-state index is -0.340. The predicted octanol–water partition coefficient (Wildman–Crippen LogP) is 3.27. The molecule has 0 bridgehead atoms. The lowest BCUT2D eigenvalue weighted by molar-refractivity contribution is -0.125. The number of hydrogen-bond acceptors (Lipinski definition) is 4. The Hall–Kier alpha value is -2.66. The van der Waals surface area contributed by atoms with Crippen molar-refractivity contribution in [1.82, 2.24) is 4.90 Å². The molecule has 1 atom stereocenters. The maximum atomic E-state index is 13.0. The quantitative estimate of drug-likeness (QED) is 0.762. The molecule has 1 amide bonds. The third kappa shape index (κ3) is 4.03. The lowest BCUT2D eigenvalue weighted by Gasteiger charge is -2.39. The second kappa shape index (κ2) is 8.35. The Morgan fingerprint density at radius 2 is 1.81 bits per heavy atom.